The summed E-state index contributed by atoms with van der Waals surface area (Å²) in [4.78, 5) is 13.0. The fourth-order valence-electron chi connectivity index (χ4n) is 2.23. The van der Waals surface area contributed by atoms with Crippen LogP contribution in [0.25, 0.3) is 10.9 Å². The second-order valence-electron chi connectivity index (χ2n) is 4.98. The summed E-state index contributed by atoms with van der Waals surface area (Å²) in [5, 5.41) is 3.96. The number of aromatic nitrogens is 2. The minimum atomic E-state index is 0.234. The van der Waals surface area contributed by atoms with E-state index in [-0.39, 0.29) is 5.96 Å². The molecule has 0 saturated carbocycles. The van der Waals surface area contributed by atoms with E-state index in [0.717, 1.165) is 28.0 Å². The number of nitrogens with one attached hydrogen (secondary N) is 1. The van der Waals surface area contributed by atoms with E-state index in [1.54, 1.807) is 7.11 Å². The standard InChI is InChI=1S/C17H17N5O/c1-11-14-9-8-13(23-2)10-15(14)21-17(19-11)22-16(18)20-12-6-4-3-5-7-12/h3-10H,1-2H3,(H3,18,19,20,21,22). The molecular formula is C17H17N5O. The van der Waals surface area contributed by atoms with E-state index < -0.39 is 0 Å². The first kappa shape index (κ1) is 14.8. The summed E-state index contributed by atoms with van der Waals surface area (Å²) in [6.45, 7) is 1.91. The highest BCUT2D eigenvalue weighted by atomic mass is 16.5. The van der Waals surface area contributed by atoms with Crippen molar-refractivity contribution in [2.75, 3.05) is 12.4 Å². The summed E-state index contributed by atoms with van der Waals surface area (Å²) in [7, 11) is 1.62. The third-order valence-electron chi connectivity index (χ3n) is 3.35. The summed E-state index contributed by atoms with van der Waals surface area (Å²) in [6.07, 6.45) is 0. The largest absolute Gasteiger partial charge is 0.497 e. The zero-order chi connectivity index (χ0) is 16.2. The molecule has 1 aromatic heterocycles. The molecule has 2 aromatic carbocycles. The lowest BCUT2D eigenvalue weighted by Crippen LogP contribution is -2.22. The van der Waals surface area contributed by atoms with Crippen LogP contribution in [0.3, 0.4) is 0 Å². The molecule has 0 radical (unpaired) electrons. The average molecular weight is 307 g/mol. The number of hydrogen-bond acceptors (Lipinski definition) is 4. The van der Waals surface area contributed by atoms with Gasteiger partial charge in [0.15, 0.2) is 0 Å². The van der Waals surface area contributed by atoms with E-state index in [4.69, 9.17) is 10.5 Å². The van der Waals surface area contributed by atoms with Crippen LogP contribution in [0.15, 0.2) is 53.5 Å². The fraction of sp³-hybridized carbons (Fsp3) is 0.118. The lowest BCUT2D eigenvalue weighted by atomic mass is 10.2. The van der Waals surface area contributed by atoms with Crippen molar-refractivity contribution in [3.05, 3.63) is 54.2 Å². The Balaban J connectivity index is 1.94. The second kappa shape index (κ2) is 6.31. The fourth-order valence-corrected chi connectivity index (χ4v) is 2.23. The van der Waals surface area contributed by atoms with E-state index in [1.165, 1.54) is 0 Å². The van der Waals surface area contributed by atoms with Gasteiger partial charge in [0.25, 0.3) is 5.95 Å². The average Bonchev–Trinajstić information content (AvgIpc) is 2.55. The van der Waals surface area contributed by atoms with Crippen LogP contribution in [0.4, 0.5) is 11.6 Å². The number of aryl methyl sites for hydroxylation is 1. The van der Waals surface area contributed by atoms with Gasteiger partial charge in [-0.25, -0.2) is 9.97 Å². The Bertz CT molecular complexity index is 861. The Kier molecular flexibility index (Phi) is 4.05. The molecule has 0 aliphatic carbocycles. The normalized spacial score (nSPS) is 11.5. The van der Waals surface area contributed by atoms with Crippen molar-refractivity contribution in [2.24, 2.45) is 10.7 Å². The first-order valence-corrected chi connectivity index (χ1v) is 7.14. The van der Waals surface area contributed by atoms with Crippen LogP contribution in [-0.4, -0.2) is 23.0 Å². The van der Waals surface area contributed by atoms with E-state index >= 15 is 0 Å². The number of methoxy groups -OCH3 is 1. The molecule has 0 bridgehead atoms. The summed E-state index contributed by atoms with van der Waals surface area (Å²) >= 11 is 0. The van der Waals surface area contributed by atoms with E-state index in [0.29, 0.717) is 5.95 Å². The number of rotatable bonds is 3. The van der Waals surface area contributed by atoms with Crippen LogP contribution in [0.5, 0.6) is 5.75 Å². The lowest BCUT2D eigenvalue weighted by Gasteiger charge is -2.07. The van der Waals surface area contributed by atoms with Gasteiger partial charge < -0.3 is 15.8 Å². The van der Waals surface area contributed by atoms with Gasteiger partial charge >= 0.3 is 0 Å². The van der Waals surface area contributed by atoms with Crippen LogP contribution >= 0.6 is 0 Å². The molecule has 0 saturated heterocycles. The molecule has 0 atom stereocenters. The van der Waals surface area contributed by atoms with Crippen molar-refractivity contribution < 1.29 is 4.74 Å². The first-order chi connectivity index (χ1) is 11.2. The Morgan fingerprint density at radius 3 is 2.65 bits per heavy atom. The van der Waals surface area contributed by atoms with Gasteiger partial charge in [0, 0.05) is 17.1 Å². The Labute approximate surface area is 134 Å². The number of aliphatic imine (C=N–C) groups is 1. The molecule has 3 N–H and O–H groups in total. The minimum absolute atomic E-state index is 0.234. The van der Waals surface area contributed by atoms with Gasteiger partial charge in [-0.05, 0) is 31.2 Å². The molecule has 6 heteroatoms. The van der Waals surface area contributed by atoms with Crippen LogP contribution in [0.2, 0.25) is 0 Å². The van der Waals surface area contributed by atoms with E-state index in [9.17, 15) is 0 Å². The molecule has 3 aromatic rings. The molecule has 0 aliphatic heterocycles. The van der Waals surface area contributed by atoms with E-state index in [1.807, 2.05) is 55.5 Å². The number of nitrogens with two attached hydrogens (primary N) is 1. The number of fused-ring (bicyclic) bond motifs is 1. The van der Waals surface area contributed by atoms with Gasteiger partial charge in [0.05, 0.1) is 18.3 Å². The van der Waals surface area contributed by atoms with Gasteiger partial charge in [-0.2, -0.15) is 4.99 Å². The molecule has 0 aliphatic rings. The predicted molar refractivity (Wildman–Crippen MR) is 92.2 cm³/mol. The Morgan fingerprint density at radius 2 is 1.91 bits per heavy atom. The third kappa shape index (κ3) is 3.37. The maximum atomic E-state index is 5.92. The van der Waals surface area contributed by atoms with Crippen LogP contribution < -0.4 is 15.8 Å². The minimum Gasteiger partial charge on any atom is -0.497 e. The summed E-state index contributed by atoms with van der Waals surface area (Å²) in [6, 6.07) is 15.2. The zero-order valence-electron chi connectivity index (χ0n) is 12.9. The number of para-hydroxylation sites is 1. The molecule has 0 fully saturated rings. The quantitative estimate of drug-likeness (QED) is 0.574. The number of nitrogens with zero attached hydrogens (tertiary/aromatic N) is 3. The van der Waals surface area contributed by atoms with Crippen LogP contribution in [0.1, 0.15) is 5.69 Å². The topological polar surface area (TPSA) is 85.4 Å². The second-order valence-corrected chi connectivity index (χ2v) is 4.98. The maximum absolute atomic E-state index is 5.92. The zero-order valence-corrected chi connectivity index (χ0v) is 12.9. The molecular weight excluding hydrogens is 290 g/mol. The van der Waals surface area contributed by atoms with Gasteiger partial charge in [0.1, 0.15) is 5.75 Å². The molecule has 0 unspecified atom stereocenters. The summed E-state index contributed by atoms with van der Waals surface area (Å²) in [5.74, 6) is 1.28. The number of benzene rings is 2. The van der Waals surface area contributed by atoms with Crippen molar-refractivity contribution in [3.8, 4) is 5.75 Å². The van der Waals surface area contributed by atoms with Crippen molar-refractivity contribution in [1.29, 1.82) is 0 Å². The highest BCUT2D eigenvalue weighted by Gasteiger charge is 2.06. The van der Waals surface area contributed by atoms with Crippen LogP contribution in [-0.2, 0) is 0 Å². The number of anilines is 1. The maximum Gasteiger partial charge on any atom is 0.253 e. The third-order valence-corrected chi connectivity index (χ3v) is 3.35. The Morgan fingerprint density at radius 1 is 1.13 bits per heavy atom. The van der Waals surface area contributed by atoms with Gasteiger partial charge in [-0.3, -0.25) is 0 Å². The molecule has 1 heterocycles. The number of hydrogen-bond donors (Lipinski definition) is 2. The van der Waals surface area contributed by atoms with Crippen LogP contribution in [0, 0.1) is 6.92 Å². The monoisotopic (exact) mass is 307 g/mol. The molecule has 23 heavy (non-hydrogen) atoms. The first-order valence-electron chi connectivity index (χ1n) is 7.14. The van der Waals surface area contributed by atoms with Gasteiger partial charge in [0.2, 0.25) is 5.96 Å². The highest BCUT2D eigenvalue weighted by Crippen LogP contribution is 2.23. The molecule has 0 spiro atoms. The van der Waals surface area contributed by atoms with Gasteiger partial charge in [-0.15, -0.1) is 0 Å². The Hall–Kier alpha value is -3.15. The number of ether oxygens (including phenoxy) is 1. The van der Waals surface area contributed by atoms with Crippen molar-refractivity contribution in [3.63, 3.8) is 0 Å². The molecule has 6 nitrogen and oxygen atoms in total. The smallest absolute Gasteiger partial charge is 0.253 e. The SMILES string of the molecule is COc1ccc2c(C)nc(N=C(N)Nc3ccccc3)nc2c1. The number of guanidine groups is 1. The molecule has 0 amide bonds. The van der Waals surface area contributed by atoms with E-state index in [2.05, 4.69) is 20.3 Å². The van der Waals surface area contributed by atoms with Crippen molar-refractivity contribution in [1.82, 2.24) is 9.97 Å². The predicted octanol–water partition coefficient (Wildman–Crippen LogP) is 3.01. The van der Waals surface area contributed by atoms with Crippen molar-refractivity contribution in [2.45, 2.75) is 6.92 Å². The van der Waals surface area contributed by atoms with Gasteiger partial charge in [-0.1, -0.05) is 18.2 Å². The lowest BCUT2D eigenvalue weighted by molar-refractivity contribution is 0.415. The highest BCUT2D eigenvalue weighted by molar-refractivity contribution is 5.93. The summed E-state index contributed by atoms with van der Waals surface area (Å²) in [5.41, 5.74) is 8.38. The van der Waals surface area contributed by atoms with Crippen molar-refractivity contribution >= 4 is 28.5 Å². The molecule has 116 valence electrons. The molecule has 3 rings (SSSR count). The summed E-state index contributed by atoms with van der Waals surface area (Å²) < 4.78 is 5.23.